The first kappa shape index (κ1) is 22.5. The van der Waals surface area contributed by atoms with E-state index in [2.05, 4.69) is 42.9 Å². The SMILES string of the molecule is C=C(C)C(=O)NCc1cc(-n2nc3ccccc3n2)c(O)c(C(C)(C)CCCCC)c1. The van der Waals surface area contributed by atoms with Crippen molar-refractivity contribution in [3.05, 3.63) is 59.7 Å². The summed E-state index contributed by atoms with van der Waals surface area (Å²) in [6, 6.07) is 11.4. The molecule has 0 atom stereocenters. The van der Waals surface area contributed by atoms with Gasteiger partial charge in [0.15, 0.2) is 0 Å². The van der Waals surface area contributed by atoms with Gasteiger partial charge in [0.05, 0.1) is 0 Å². The van der Waals surface area contributed by atoms with Gasteiger partial charge < -0.3 is 10.4 Å². The Bertz CT molecular complexity index is 1070. The van der Waals surface area contributed by atoms with Gasteiger partial charge in [0.25, 0.3) is 0 Å². The van der Waals surface area contributed by atoms with Crippen molar-refractivity contribution in [2.45, 2.75) is 65.3 Å². The van der Waals surface area contributed by atoms with E-state index in [1.54, 1.807) is 6.92 Å². The molecule has 0 aliphatic heterocycles. The van der Waals surface area contributed by atoms with Crippen molar-refractivity contribution in [3.8, 4) is 11.4 Å². The van der Waals surface area contributed by atoms with Crippen LogP contribution in [0.4, 0.5) is 0 Å². The van der Waals surface area contributed by atoms with E-state index in [-0.39, 0.29) is 17.1 Å². The highest BCUT2D eigenvalue weighted by Gasteiger charge is 2.27. The highest BCUT2D eigenvalue weighted by atomic mass is 16.3. The van der Waals surface area contributed by atoms with Crippen LogP contribution in [0, 0.1) is 0 Å². The van der Waals surface area contributed by atoms with Crippen LogP contribution in [0.15, 0.2) is 48.6 Å². The molecule has 31 heavy (non-hydrogen) atoms. The van der Waals surface area contributed by atoms with Gasteiger partial charge in [-0.15, -0.1) is 15.0 Å². The summed E-state index contributed by atoms with van der Waals surface area (Å²) in [5.41, 5.74) is 3.95. The molecule has 0 aliphatic rings. The molecule has 164 valence electrons. The molecular weight excluding hydrogens is 388 g/mol. The molecule has 1 heterocycles. The molecule has 6 heteroatoms. The Balaban J connectivity index is 2.06. The lowest BCUT2D eigenvalue weighted by molar-refractivity contribution is -0.117. The fourth-order valence-electron chi connectivity index (χ4n) is 3.70. The zero-order chi connectivity index (χ0) is 22.6. The lowest BCUT2D eigenvalue weighted by Gasteiger charge is -2.28. The Morgan fingerprint density at radius 2 is 1.81 bits per heavy atom. The summed E-state index contributed by atoms with van der Waals surface area (Å²) in [6.45, 7) is 12.2. The van der Waals surface area contributed by atoms with Gasteiger partial charge in [-0.25, -0.2) is 0 Å². The van der Waals surface area contributed by atoms with E-state index < -0.39 is 0 Å². The number of rotatable bonds is 9. The number of fused-ring (bicyclic) bond motifs is 1. The Labute approximate surface area is 184 Å². The zero-order valence-corrected chi connectivity index (χ0v) is 18.9. The lowest BCUT2D eigenvalue weighted by atomic mass is 9.78. The van der Waals surface area contributed by atoms with Gasteiger partial charge in [-0.1, -0.05) is 58.7 Å². The summed E-state index contributed by atoms with van der Waals surface area (Å²) in [4.78, 5) is 13.5. The number of hydrogen-bond donors (Lipinski definition) is 2. The summed E-state index contributed by atoms with van der Waals surface area (Å²) >= 11 is 0. The molecule has 0 bridgehead atoms. The Hall–Kier alpha value is -3.15. The van der Waals surface area contributed by atoms with E-state index >= 15 is 0 Å². The topological polar surface area (TPSA) is 80.0 Å². The van der Waals surface area contributed by atoms with Crippen molar-refractivity contribution >= 4 is 16.9 Å². The number of carbonyl (C=O) groups is 1. The molecule has 1 aromatic heterocycles. The van der Waals surface area contributed by atoms with Crippen LogP contribution >= 0.6 is 0 Å². The molecule has 0 saturated heterocycles. The molecule has 0 saturated carbocycles. The van der Waals surface area contributed by atoms with E-state index in [0.717, 1.165) is 47.8 Å². The van der Waals surface area contributed by atoms with Gasteiger partial charge in [0.1, 0.15) is 22.5 Å². The van der Waals surface area contributed by atoms with Crippen LogP contribution in [-0.4, -0.2) is 26.0 Å². The van der Waals surface area contributed by atoms with E-state index in [1.165, 1.54) is 4.80 Å². The molecule has 0 radical (unpaired) electrons. The summed E-state index contributed by atoms with van der Waals surface area (Å²) < 4.78 is 0. The van der Waals surface area contributed by atoms with Crippen molar-refractivity contribution in [2.75, 3.05) is 0 Å². The first-order valence-electron chi connectivity index (χ1n) is 10.9. The molecule has 2 aromatic carbocycles. The van der Waals surface area contributed by atoms with Crippen LogP contribution < -0.4 is 5.32 Å². The molecule has 6 nitrogen and oxygen atoms in total. The number of unbranched alkanes of at least 4 members (excludes halogenated alkanes) is 2. The number of hydrogen-bond acceptors (Lipinski definition) is 4. The number of benzene rings is 2. The maximum Gasteiger partial charge on any atom is 0.246 e. The van der Waals surface area contributed by atoms with Crippen LogP contribution in [-0.2, 0) is 16.8 Å². The summed E-state index contributed by atoms with van der Waals surface area (Å²) in [6.07, 6.45) is 4.32. The average Bonchev–Trinajstić information content (AvgIpc) is 3.16. The van der Waals surface area contributed by atoms with Gasteiger partial charge in [-0.2, -0.15) is 0 Å². The van der Waals surface area contributed by atoms with Gasteiger partial charge in [-0.3, -0.25) is 4.79 Å². The summed E-state index contributed by atoms with van der Waals surface area (Å²) in [5.74, 6) is -0.0156. The predicted octanol–water partition coefficient (Wildman–Crippen LogP) is 5.18. The van der Waals surface area contributed by atoms with Crippen LogP contribution in [0.25, 0.3) is 16.7 Å². The third kappa shape index (κ3) is 5.13. The van der Waals surface area contributed by atoms with Crippen LogP contribution in [0.3, 0.4) is 0 Å². The van der Waals surface area contributed by atoms with Crippen LogP contribution in [0.2, 0.25) is 0 Å². The maximum absolute atomic E-state index is 12.0. The van der Waals surface area contributed by atoms with E-state index in [9.17, 15) is 9.90 Å². The number of carbonyl (C=O) groups excluding carboxylic acids is 1. The number of aromatic nitrogens is 3. The molecule has 3 rings (SSSR count). The largest absolute Gasteiger partial charge is 0.505 e. The first-order valence-corrected chi connectivity index (χ1v) is 10.9. The number of amides is 1. The zero-order valence-electron chi connectivity index (χ0n) is 18.9. The Morgan fingerprint density at radius 1 is 1.16 bits per heavy atom. The Morgan fingerprint density at radius 3 is 2.39 bits per heavy atom. The molecule has 0 aliphatic carbocycles. The van der Waals surface area contributed by atoms with E-state index in [1.807, 2.05) is 36.4 Å². The van der Waals surface area contributed by atoms with Crippen molar-refractivity contribution in [1.29, 1.82) is 0 Å². The van der Waals surface area contributed by atoms with Crippen molar-refractivity contribution < 1.29 is 9.90 Å². The quantitative estimate of drug-likeness (QED) is 0.369. The molecule has 0 unspecified atom stereocenters. The second-order valence-electron chi connectivity index (χ2n) is 8.79. The van der Waals surface area contributed by atoms with Gasteiger partial charge in [0.2, 0.25) is 5.91 Å². The maximum atomic E-state index is 12.0. The second-order valence-corrected chi connectivity index (χ2v) is 8.79. The molecular formula is C25H32N4O2. The average molecular weight is 421 g/mol. The van der Waals surface area contributed by atoms with Crippen LogP contribution in [0.5, 0.6) is 5.75 Å². The number of phenols is 1. The molecule has 1 amide bonds. The number of nitrogens with zero attached hydrogens (tertiary/aromatic N) is 3. The molecule has 2 N–H and O–H groups in total. The summed E-state index contributed by atoms with van der Waals surface area (Å²) in [5, 5.41) is 23.2. The number of aromatic hydroxyl groups is 1. The van der Waals surface area contributed by atoms with Gasteiger partial charge in [-0.05, 0) is 48.6 Å². The standard InChI is InChI=1S/C25H32N4O2/c1-6-7-10-13-25(4,5)19-14-18(16-26-24(31)17(2)3)15-22(23(19)30)29-27-20-11-8-9-12-21(20)28-29/h8-9,11-12,14-15,30H,2,6-7,10,13,16H2,1,3-5H3,(H,26,31). The Kier molecular flexibility index (Phi) is 6.78. The highest BCUT2D eigenvalue weighted by molar-refractivity contribution is 5.92. The minimum atomic E-state index is -0.241. The third-order valence-electron chi connectivity index (χ3n) is 5.63. The third-order valence-corrected chi connectivity index (χ3v) is 5.63. The minimum Gasteiger partial charge on any atom is -0.505 e. The lowest BCUT2D eigenvalue weighted by Crippen LogP contribution is -2.24. The van der Waals surface area contributed by atoms with Crippen molar-refractivity contribution in [2.24, 2.45) is 0 Å². The fourth-order valence-corrected chi connectivity index (χ4v) is 3.70. The number of phenolic OH excluding ortho intramolecular Hbond substituents is 1. The monoisotopic (exact) mass is 420 g/mol. The number of nitrogens with one attached hydrogen (secondary N) is 1. The first-order chi connectivity index (χ1) is 14.7. The second kappa shape index (κ2) is 9.33. The van der Waals surface area contributed by atoms with E-state index in [0.29, 0.717) is 17.8 Å². The van der Waals surface area contributed by atoms with Crippen molar-refractivity contribution in [3.63, 3.8) is 0 Å². The van der Waals surface area contributed by atoms with Crippen LogP contribution in [0.1, 0.15) is 64.5 Å². The highest BCUT2D eigenvalue weighted by Crippen LogP contribution is 2.39. The van der Waals surface area contributed by atoms with Gasteiger partial charge in [0, 0.05) is 17.7 Å². The predicted molar refractivity (Wildman–Crippen MR) is 124 cm³/mol. The molecule has 0 spiro atoms. The van der Waals surface area contributed by atoms with E-state index in [4.69, 9.17) is 0 Å². The fraction of sp³-hybridized carbons (Fsp3) is 0.400. The molecule has 3 aromatic rings. The summed E-state index contributed by atoms with van der Waals surface area (Å²) in [7, 11) is 0. The minimum absolute atomic E-state index is 0.178. The van der Waals surface area contributed by atoms with Gasteiger partial charge >= 0.3 is 0 Å². The van der Waals surface area contributed by atoms with Crippen molar-refractivity contribution in [1.82, 2.24) is 20.3 Å². The normalized spacial score (nSPS) is 11.6. The smallest absolute Gasteiger partial charge is 0.246 e. The molecule has 0 fully saturated rings.